The van der Waals surface area contributed by atoms with Crippen molar-refractivity contribution in [3.8, 4) is 0 Å². The van der Waals surface area contributed by atoms with Crippen LogP contribution in [0.15, 0.2) is 27.8 Å². The number of carbonyl (C=O) groups excluding carboxylic acids is 1. The molecule has 5 nitrogen and oxygen atoms in total. The number of benzene rings is 1. The Kier molecular flexibility index (Phi) is 4.28. The smallest absolute Gasteiger partial charge is 0.253 e. The summed E-state index contributed by atoms with van der Waals surface area (Å²) in [6.45, 7) is 3.13. The first-order valence-corrected chi connectivity index (χ1v) is 5.83. The van der Waals surface area contributed by atoms with Gasteiger partial charge in [0.25, 0.3) is 5.91 Å². The summed E-state index contributed by atoms with van der Waals surface area (Å²) in [5, 5.41) is 14.0. The first kappa shape index (κ1) is 14.4. The van der Waals surface area contributed by atoms with Gasteiger partial charge >= 0.3 is 0 Å². The Bertz CT molecular complexity index is 503. The minimum atomic E-state index is -1.04. The highest BCUT2D eigenvalue weighted by atomic mass is 79.9. The zero-order valence-electron chi connectivity index (χ0n) is 9.87. The van der Waals surface area contributed by atoms with E-state index in [9.17, 15) is 9.18 Å². The standard InChI is InChI=1S/C11H13BrFN3O2/c1-11(2,10(14)16-18)15-9(17)7-5-6(13)3-4-8(7)12/h3-5,18H,1-2H3,(H2,14,16)(H,15,17). The fraction of sp³-hybridized carbons (Fsp3) is 0.273. The Hall–Kier alpha value is -1.63. The molecule has 0 spiro atoms. The van der Waals surface area contributed by atoms with Gasteiger partial charge in [-0.3, -0.25) is 4.79 Å². The number of halogens is 2. The summed E-state index contributed by atoms with van der Waals surface area (Å²) >= 11 is 3.15. The van der Waals surface area contributed by atoms with Crippen LogP contribution in [0.25, 0.3) is 0 Å². The molecule has 0 aromatic heterocycles. The van der Waals surface area contributed by atoms with Gasteiger partial charge in [0.2, 0.25) is 0 Å². The number of nitrogens with zero attached hydrogens (tertiary/aromatic N) is 1. The van der Waals surface area contributed by atoms with Crippen molar-refractivity contribution in [3.05, 3.63) is 34.1 Å². The minimum absolute atomic E-state index is 0.133. The van der Waals surface area contributed by atoms with Gasteiger partial charge in [0.05, 0.1) is 11.1 Å². The molecule has 0 aliphatic heterocycles. The number of amides is 1. The normalized spacial score (nSPS) is 12.3. The van der Waals surface area contributed by atoms with E-state index >= 15 is 0 Å². The summed E-state index contributed by atoms with van der Waals surface area (Å²) in [5.74, 6) is -1.20. The highest BCUT2D eigenvalue weighted by Gasteiger charge is 2.27. The number of amidine groups is 1. The van der Waals surface area contributed by atoms with E-state index in [1.54, 1.807) is 13.8 Å². The molecule has 0 fully saturated rings. The minimum Gasteiger partial charge on any atom is -0.409 e. The van der Waals surface area contributed by atoms with Crippen molar-refractivity contribution in [3.63, 3.8) is 0 Å². The summed E-state index contributed by atoms with van der Waals surface area (Å²) in [6.07, 6.45) is 0. The van der Waals surface area contributed by atoms with E-state index in [0.29, 0.717) is 4.47 Å². The molecular weight excluding hydrogens is 305 g/mol. The van der Waals surface area contributed by atoms with Gasteiger partial charge in [0.1, 0.15) is 5.82 Å². The van der Waals surface area contributed by atoms with Crippen LogP contribution in [-0.2, 0) is 0 Å². The molecular formula is C11H13BrFN3O2. The third kappa shape index (κ3) is 3.19. The van der Waals surface area contributed by atoms with Gasteiger partial charge in [-0.25, -0.2) is 4.39 Å². The lowest BCUT2D eigenvalue weighted by Gasteiger charge is -2.24. The van der Waals surface area contributed by atoms with Crippen LogP contribution in [0.3, 0.4) is 0 Å². The van der Waals surface area contributed by atoms with E-state index in [-0.39, 0.29) is 11.4 Å². The highest BCUT2D eigenvalue weighted by Crippen LogP contribution is 2.18. The molecule has 0 saturated heterocycles. The van der Waals surface area contributed by atoms with Crippen molar-refractivity contribution < 1.29 is 14.4 Å². The number of nitrogens with two attached hydrogens (primary N) is 1. The molecule has 0 bridgehead atoms. The molecule has 7 heteroatoms. The maximum Gasteiger partial charge on any atom is 0.253 e. The van der Waals surface area contributed by atoms with Crippen molar-refractivity contribution in [2.24, 2.45) is 10.9 Å². The first-order chi connectivity index (χ1) is 8.27. The monoisotopic (exact) mass is 317 g/mol. The molecule has 0 heterocycles. The molecule has 0 radical (unpaired) electrons. The van der Waals surface area contributed by atoms with E-state index in [2.05, 4.69) is 26.4 Å². The maximum atomic E-state index is 13.1. The molecule has 0 aliphatic carbocycles. The van der Waals surface area contributed by atoms with Crippen LogP contribution in [0.2, 0.25) is 0 Å². The van der Waals surface area contributed by atoms with Crippen LogP contribution in [0, 0.1) is 5.82 Å². The summed E-state index contributed by atoms with van der Waals surface area (Å²) in [5.41, 5.74) is 4.53. The number of rotatable bonds is 3. The maximum absolute atomic E-state index is 13.1. The van der Waals surface area contributed by atoms with Crippen molar-refractivity contribution in [2.45, 2.75) is 19.4 Å². The molecule has 98 valence electrons. The van der Waals surface area contributed by atoms with Crippen molar-refractivity contribution >= 4 is 27.7 Å². The fourth-order valence-electron chi connectivity index (χ4n) is 1.21. The summed E-state index contributed by atoms with van der Waals surface area (Å²) in [4.78, 5) is 12.0. The lowest BCUT2D eigenvalue weighted by Crippen LogP contribution is -2.53. The summed E-state index contributed by atoms with van der Waals surface area (Å²) in [6, 6.07) is 3.76. The Morgan fingerprint density at radius 2 is 2.17 bits per heavy atom. The van der Waals surface area contributed by atoms with E-state index in [1.165, 1.54) is 12.1 Å². The number of oxime groups is 1. The van der Waals surface area contributed by atoms with Gasteiger partial charge in [0, 0.05) is 4.47 Å². The Labute approximate surface area is 112 Å². The second-order valence-corrected chi connectivity index (χ2v) is 5.04. The molecule has 1 aromatic carbocycles. The molecule has 1 aromatic rings. The van der Waals surface area contributed by atoms with E-state index in [4.69, 9.17) is 10.9 Å². The van der Waals surface area contributed by atoms with Crippen LogP contribution in [0.5, 0.6) is 0 Å². The van der Waals surface area contributed by atoms with Crippen LogP contribution >= 0.6 is 15.9 Å². The van der Waals surface area contributed by atoms with Gasteiger partial charge in [-0.2, -0.15) is 0 Å². The molecule has 4 N–H and O–H groups in total. The number of hydrogen-bond acceptors (Lipinski definition) is 3. The van der Waals surface area contributed by atoms with E-state index in [0.717, 1.165) is 6.07 Å². The van der Waals surface area contributed by atoms with Crippen molar-refractivity contribution in [1.29, 1.82) is 0 Å². The number of carbonyl (C=O) groups is 1. The zero-order chi connectivity index (χ0) is 13.9. The Morgan fingerprint density at radius 3 is 2.72 bits per heavy atom. The lowest BCUT2D eigenvalue weighted by atomic mass is 10.0. The molecule has 0 aliphatic rings. The molecule has 1 rings (SSSR count). The third-order valence-electron chi connectivity index (χ3n) is 2.35. The van der Waals surface area contributed by atoms with Crippen molar-refractivity contribution in [2.75, 3.05) is 0 Å². The predicted octanol–water partition coefficient (Wildman–Crippen LogP) is 1.84. The summed E-state index contributed by atoms with van der Waals surface area (Å²) < 4.78 is 13.5. The largest absolute Gasteiger partial charge is 0.409 e. The molecule has 0 atom stereocenters. The van der Waals surface area contributed by atoms with Crippen LogP contribution in [0.4, 0.5) is 4.39 Å². The van der Waals surface area contributed by atoms with Gasteiger partial charge in [-0.05, 0) is 48.0 Å². The number of hydrogen-bond donors (Lipinski definition) is 3. The third-order valence-corrected chi connectivity index (χ3v) is 3.04. The molecule has 1 amide bonds. The topological polar surface area (TPSA) is 87.7 Å². The number of nitrogens with one attached hydrogen (secondary N) is 1. The second-order valence-electron chi connectivity index (χ2n) is 4.19. The van der Waals surface area contributed by atoms with E-state index < -0.39 is 17.3 Å². The van der Waals surface area contributed by atoms with Crippen LogP contribution < -0.4 is 11.1 Å². The predicted molar refractivity (Wildman–Crippen MR) is 69.1 cm³/mol. The average molecular weight is 318 g/mol. The quantitative estimate of drug-likeness (QED) is 0.344. The van der Waals surface area contributed by atoms with Gasteiger partial charge in [-0.15, -0.1) is 0 Å². The lowest BCUT2D eigenvalue weighted by molar-refractivity contribution is 0.0929. The molecule has 18 heavy (non-hydrogen) atoms. The van der Waals surface area contributed by atoms with E-state index in [1.807, 2.05) is 0 Å². The Balaban J connectivity index is 2.99. The van der Waals surface area contributed by atoms with Gasteiger partial charge in [-0.1, -0.05) is 5.16 Å². The Morgan fingerprint density at radius 1 is 1.56 bits per heavy atom. The molecule has 0 unspecified atom stereocenters. The molecule has 0 saturated carbocycles. The summed E-state index contributed by atoms with van der Waals surface area (Å²) in [7, 11) is 0. The van der Waals surface area contributed by atoms with Crippen LogP contribution in [-0.4, -0.2) is 22.5 Å². The average Bonchev–Trinajstić information content (AvgIpc) is 2.30. The fourth-order valence-corrected chi connectivity index (χ4v) is 1.64. The van der Waals surface area contributed by atoms with Crippen LogP contribution in [0.1, 0.15) is 24.2 Å². The van der Waals surface area contributed by atoms with Gasteiger partial charge in [0.15, 0.2) is 5.84 Å². The van der Waals surface area contributed by atoms with Gasteiger partial charge < -0.3 is 16.3 Å². The second kappa shape index (κ2) is 5.34. The highest BCUT2D eigenvalue weighted by molar-refractivity contribution is 9.10. The zero-order valence-corrected chi connectivity index (χ0v) is 11.5. The van der Waals surface area contributed by atoms with Crippen molar-refractivity contribution in [1.82, 2.24) is 5.32 Å². The first-order valence-electron chi connectivity index (χ1n) is 5.03. The SMILES string of the molecule is CC(C)(NC(=O)c1cc(F)ccc1Br)/C(N)=N/O.